The zero-order valence-corrected chi connectivity index (χ0v) is 11.5. The molecule has 5 heteroatoms. The summed E-state index contributed by atoms with van der Waals surface area (Å²) in [6.45, 7) is 8.27. The maximum absolute atomic E-state index is 5.80. The molecule has 0 aliphatic heterocycles. The van der Waals surface area contributed by atoms with E-state index in [2.05, 4.69) is 24.0 Å². The van der Waals surface area contributed by atoms with Gasteiger partial charge in [-0.25, -0.2) is 0 Å². The molecular weight excluding hydrogens is 230 g/mol. The number of nitrogens with zero attached hydrogens (tertiary/aromatic N) is 2. The Hall–Kier alpha value is -1.20. The van der Waals surface area contributed by atoms with Gasteiger partial charge in [0.15, 0.2) is 0 Å². The lowest BCUT2D eigenvalue weighted by molar-refractivity contribution is 0.107. The zero-order chi connectivity index (χ0) is 13.4. The van der Waals surface area contributed by atoms with Gasteiger partial charge in [0.1, 0.15) is 6.61 Å². The van der Waals surface area contributed by atoms with Crippen LogP contribution in [-0.2, 0) is 24.1 Å². The van der Waals surface area contributed by atoms with Crippen LogP contribution in [0.3, 0.4) is 0 Å². The van der Waals surface area contributed by atoms with E-state index in [0.29, 0.717) is 32.2 Å². The molecule has 0 aliphatic carbocycles. The second kappa shape index (κ2) is 8.00. The van der Waals surface area contributed by atoms with Gasteiger partial charge in [-0.1, -0.05) is 13.8 Å². The normalized spacial score (nSPS) is 10.7. The molecule has 102 valence electrons. The van der Waals surface area contributed by atoms with E-state index in [1.54, 1.807) is 0 Å². The van der Waals surface area contributed by atoms with Crippen molar-refractivity contribution >= 4 is 0 Å². The van der Waals surface area contributed by atoms with Gasteiger partial charge in [0.25, 0.3) is 0 Å². The number of ether oxygens (including phenoxy) is 2. The van der Waals surface area contributed by atoms with Crippen LogP contribution in [0.2, 0.25) is 0 Å². The Balaban J connectivity index is 2.84. The first-order valence-electron chi connectivity index (χ1n) is 6.56. The standard InChI is InChI=1S/C13H23N3O2/c1-4-10-11(9-14)13(16-15-12(10)5-2)18-8-7-17-6-3/h4-9,14H2,1-3H3. The second-order valence-electron chi connectivity index (χ2n) is 3.87. The first-order chi connectivity index (χ1) is 8.78. The Labute approximate surface area is 109 Å². The SMILES string of the molecule is CCOCCOc1nnc(CC)c(CC)c1CN. The van der Waals surface area contributed by atoms with E-state index >= 15 is 0 Å². The van der Waals surface area contributed by atoms with Gasteiger partial charge in [-0.05, 0) is 25.3 Å². The largest absolute Gasteiger partial charge is 0.474 e. The van der Waals surface area contributed by atoms with Crippen LogP contribution in [0.5, 0.6) is 5.88 Å². The maximum atomic E-state index is 5.80. The molecule has 5 nitrogen and oxygen atoms in total. The van der Waals surface area contributed by atoms with Crippen molar-refractivity contribution < 1.29 is 9.47 Å². The summed E-state index contributed by atoms with van der Waals surface area (Å²) < 4.78 is 10.8. The molecule has 0 atom stereocenters. The topological polar surface area (TPSA) is 70.3 Å². The van der Waals surface area contributed by atoms with Crippen molar-refractivity contribution in [3.05, 3.63) is 16.8 Å². The van der Waals surface area contributed by atoms with Gasteiger partial charge in [-0.15, -0.1) is 5.10 Å². The fourth-order valence-corrected chi connectivity index (χ4v) is 1.90. The van der Waals surface area contributed by atoms with Crippen molar-refractivity contribution in [3.63, 3.8) is 0 Å². The number of aromatic nitrogens is 2. The Morgan fingerprint density at radius 1 is 1.00 bits per heavy atom. The highest BCUT2D eigenvalue weighted by atomic mass is 16.5. The number of hydrogen-bond donors (Lipinski definition) is 1. The van der Waals surface area contributed by atoms with E-state index in [4.69, 9.17) is 15.2 Å². The summed E-state index contributed by atoms with van der Waals surface area (Å²) in [6.07, 6.45) is 1.76. The van der Waals surface area contributed by atoms with Gasteiger partial charge in [0.05, 0.1) is 12.3 Å². The summed E-state index contributed by atoms with van der Waals surface area (Å²) in [5.41, 5.74) is 8.95. The molecule has 0 amide bonds. The third-order valence-corrected chi connectivity index (χ3v) is 2.80. The summed E-state index contributed by atoms with van der Waals surface area (Å²) in [5.74, 6) is 0.547. The minimum atomic E-state index is 0.426. The van der Waals surface area contributed by atoms with Crippen molar-refractivity contribution in [1.82, 2.24) is 10.2 Å². The lowest BCUT2D eigenvalue weighted by atomic mass is 10.0. The molecule has 0 spiro atoms. The van der Waals surface area contributed by atoms with E-state index in [0.717, 1.165) is 24.1 Å². The predicted molar refractivity (Wildman–Crippen MR) is 70.7 cm³/mol. The molecule has 0 bridgehead atoms. The summed E-state index contributed by atoms with van der Waals surface area (Å²) in [7, 11) is 0. The zero-order valence-electron chi connectivity index (χ0n) is 11.5. The molecule has 1 aromatic rings. The minimum Gasteiger partial charge on any atom is -0.474 e. The molecule has 0 saturated carbocycles. The summed E-state index contributed by atoms with van der Waals surface area (Å²) in [5, 5.41) is 8.32. The molecule has 0 aromatic carbocycles. The van der Waals surface area contributed by atoms with Crippen LogP contribution < -0.4 is 10.5 Å². The fourth-order valence-electron chi connectivity index (χ4n) is 1.90. The average Bonchev–Trinajstić information content (AvgIpc) is 2.42. The molecule has 2 N–H and O–H groups in total. The summed E-state index contributed by atoms with van der Waals surface area (Å²) in [4.78, 5) is 0. The average molecular weight is 253 g/mol. The summed E-state index contributed by atoms with van der Waals surface area (Å²) in [6, 6.07) is 0. The molecule has 1 rings (SSSR count). The Morgan fingerprint density at radius 2 is 1.78 bits per heavy atom. The van der Waals surface area contributed by atoms with Crippen LogP contribution in [0, 0.1) is 0 Å². The van der Waals surface area contributed by atoms with E-state index < -0.39 is 0 Å². The Morgan fingerprint density at radius 3 is 2.33 bits per heavy atom. The molecule has 0 fully saturated rings. The highest BCUT2D eigenvalue weighted by Crippen LogP contribution is 2.22. The monoisotopic (exact) mass is 253 g/mol. The molecular formula is C13H23N3O2. The van der Waals surface area contributed by atoms with Crippen LogP contribution in [0.4, 0.5) is 0 Å². The molecule has 0 aliphatic rings. The smallest absolute Gasteiger partial charge is 0.238 e. The first-order valence-corrected chi connectivity index (χ1v) is 6.56. The highest BCUT2D eigenvalue weighted by molar-refractivity contribution is 5.36. The lowest BCUT2D eigenvalue weighted by Crippen LogP contribution is -2.14. The second-order valence-corrected chi connectivity index (χ2v) is 3.87. The van der Waals surface area contributed by atoms with E-state index in [9.17, 15) is 0 Å². The van der Waals surface area contributed by atoms with Crippen LogP contribution in [-0.4, -0.2) is 30.0 Å². The number of nitrogens with two attached hydrogens (primary N) is 1. The van der Waals surface area contributed by atoms with Gasteiger partial charge >= 0.3 is 0 Å². The minimum absolute atomic E-state index is 0.426. The van der Waals surface area contributed by atoms with Crippen molar-refractivity contribution in [2.45, 2.75) is 40.2 Å². The third kappa shape index (κ3) is 3.65. The van der Waals surface area contributed by atoms with Gasteiger partial charge in [-0.2, -0.15) is 5.10 Å². The van der Waals surface area contributed by atoms with Gasteiger partial charge in [0, 0.05) is 18.7 Å². The molecule has 0 saturated heterocycles. The van der Waals surface area contributed by atoms with E-state index in [1.807, 2.05) is 6.92 Å². The fraction of sp³-hybridized carbons (Fsp3) is 0.692. The van der Waals surface area contributed by atoms with Crippen molar-refractivity contribution in [2.75, 3.05) is 19.8 Å². The van der Waals surface area contributed by atoms with Gasteiger partial charge < -0.3 is 15.2 Å². The summed E-state index contributed by atoms with van der Waals surface area (Å²) >= 11 is 0. The molecule has 0 unspecified atom stereocenters. The van der Waals surface area contributed by atoms with Crippen LogP contribution in [0.15, 0.2) is 0 Å². The maximum Gasteiger partial charge on any atom is 0.238 e. The number of aryl methyl sites for hydroxylation is 1. The van der Waals surface area contributed by atoms with Crippen molar-refractivity contribution in [2.24, 2.45) is 5.73 Å². The molecule has 1 heterocycles. The first kappa shape index (κ1) is 14.9. The predicted octanol–water partition coefficient (Wildman–Crippen LogP) is 1.48. The number of hydrogen-bond acceptors (Lipinski definition) is 5. The van der Waals surface area contributed by atoms with Crippen molar-refractivity contribution in [3.8, 4) is 5.88 Å². The van der Waals surface area contributed by atoms with Crippen LogP contribution >= 0.6 is 0 Å². The third-order valence-electron chi connectivity index (χ3n) is 2.80. The molecule has 18 heavy (non-hydrogen) atoms. The lowest BCUT2D eigenvalue weighted by Gasteiger charge is -2.14. The number of rotatable bonds is 8. The molecule has 1 aromatic heterocycles. The van der Waals surface area contributed by atoms with E-state index in [-0.39, 0.29) is 0 Å². The van der Waals surface area contributed by atoms with Crippen LogP contribution in [0.1, 0.15) is 37.6 Å². The Bertz CT molecular complexity index is 369. The Kier molecular flexibility index (Phi) is 6.60. The molecule has 0 radical (unpaired) electrons. The van der Waals surface area contributed by atoms with Gasteiger partial charge in [0.2, 0.25) is 5.88 Å². The quantitative estimate of drug-likeness (QED) is 0.710. The van der Waals surface area contributed by atoms with Crippen molar-refractivity contribution in [1.29, 1.82) is 0 Å². The van der Waals surface area contributed by atoms with E-state index in [1.165, 1.54) is 5.56 Å². The van der Waals surface area contributed by atoms with Crippen LogP contribution in [0.25, 0.3) is 0 Å². The van der Waals surface area contributed by atoms with Gasteiger partial charge in [-0.3, -0.25) is 0 Å². The highest BCUT2D eigenvalue weighted by Gasteiger charge is 2.14.